The lowest BCUT2D eigenvalue weighted by Crippen LogP contribution is -1.97. The molecule has 76 valence electrons. The number of aryl methyl sites for hydroxylation is 1. The van der Waals surface area contributed by atoms with Gasteiger partial charge in [-0.15, -0.1) is 3.89 Å². The molecule has 0 aliphatic heterocycles. The average Bonchev–Trinajstić information content (AvgIpc) is 2.02. The Morgan fingerprint density at radius 2 is 2.00 bits per heavy atom. The molecule has 0 saturated carbocycles. The van der Waals surface area contributed by atoms with Gasteiger partial charge in [0.1, 0.15) is 4.90 Å². The highest BCUT2D eigenvalue weighted by Crippen LogP contribution is 2.22. The number of benzene rings is 1. The van der Waals surface area contributed by atoms with E-state index in [1.54, 1.807) is 0 Å². The third kappa shape index (κ3) is 2.05. The zero-order chi connectivity index (χ0) is 10.9. The second-order valence-electron chi connectivity index (χ2n) is 2.64. The zero-order valence-electron chi connectivity index (χ0n) is 7.10. The Labute approximate surface area is 79.5 Å². The fraction of sp³-hybridized carbons (Fsp3) is 0.143. The van der Waals surface area contributed by atoms with Gasteiger partial charge in [-0.3, -0.25) is 10.1 Å². The standard InChI is InChI=1S/C7H6FNO4S/c1-5-2-3-6(9(10)11)4-7(5)14(8,12)13/h2-4H,1H3. The molecule has 0 heterocycles. The van der Waals surface area contributed by atoms with Gasteiger partial charge in [-0.2, -0.15) is 8.42 Å². The van der Waals surface area contributed by atoms with Gasteiger partial charge in [0.05, 0.1) is 4.92 Å². The second kappa shape index (κ2) is 3.33. The number of rotatable bonds is 2. The minimum atomic E-state index is -4.89. The van der Waals surface area contributed by atoms with Crippen LogP contribution in [0, 0.1) is 17.0 Å². The van der Waals surface area contributed by atoms with Crippen molar-refractivity contribution in [3.8, 4) is 0 Å². The fourth-order valence-electron chi connectivity index (χ4n) is 0.965. The number of hydrogen-bond donors (Lipinski definition) is 0. The number of nitro benzene ring substituents is 1. The van der Waals surface area contributed by atoms with Crippen LogP contribution in [0.5, 0.6) is 0 Å². The van der Waals surface area contributed by atoms with E-state index in [9.17, 15) is 22.4 Å². The summed E-state index contributed by atoms with van der Waals surface area (Å²) in [7, 11) is -4.89. The Bertz CT molecular complexity index is 482. The molecule has 0 spiro atoms. The molecule has 0 aromatic heterocycles. The largest absolute Gasteiger partial charge is 0.332 e. The maximum Gasteiger partial charge on any atom is 0.332 e. The lowest BCUT2D eigenvalue weighted by Gasteiger charge is -1.99. The first kappa shape index (κ1) is 10.6. The van der Waals surface area contributed by atoms with Crippen LogP contribution in [0.2, 0.25) is 0 Å². The van der Waals surface area contributed by atoms with Gasteiger partial charge in [-0.1, -0.05) is 6.07 Å². The van der Waals surface area contributed by atoms with Crippen LogP contribution in [0.15, 0.2) is 23.1 Å². The van der Waals surface area contributed by atoms with Gasteiger partial charge in [0.15, 0.2) is 0 Å². The Hall–Kier alpha value is -1.50. The molecule has 1 rings (SSSR count). The van der Waals surface area contributed by atoms with Crippen molar-refractivity contribution >= 4 is 15.9 Å². The summed E-state index contributed by atoms with van der Waals surface area (Å²) in [5.74, 6) is 0. The monoisotopic (exact) mass is 219 g/mol. The van der Waals surface area contributed by atoms with Crippen molar-refractivity contribution in [1.82, 2.24) is 0 Å². The zero-order valence-corrected chi connectivity index (χ0v) is 7.91. The lowest BCUT2D eigenvalue weighted by molar-refractivity contribution is -0.385. The van der Waals surface area contributed by atoms with E-state index in [2.05, 4.69) is 0 Å². The van der Waals surface area contributed by atoms with E-state index in [1.165, 1.54) is 13.0 Å². The average molecular weight is 219 g/mol. The molecule has 0 N–H and O–H groups in total. The van der Waals surface area contributed by atoms with Crippen LogP contribution in [0.25, 0.3) is 0 Å². The van der Waals surface area contributed by atoms with Crippen LogP contribution in [-0.4, -0.2) is 13.3 Å². The van der Waals surface area contributed by atoms with Crippen LogP contribution in [0.3, 0.4) is 0 Å². The molecule has 0 bridgehead atoms. The maximum atomic E-state index is 12.6. The number of hydrogen-bond acceptors (Lipinski definition) is 4. The molecular weight excluding hydrogens is 213 g/mol. The predicted octanol–water partition coefficient (Wildman–Crippen LogP) is 1.56. The first-order valence-corrected chi connectivity index (χ1v) is 4.90. The fourth-order valence-corrected chi connectivity index (χ4v) is 1.68. The molecule has 5 nitrogen and oxygen atoms in total. The van der Waals surface area contributed by atoms with Gasteiger partial charge >= 0.3 is 10.2 Å². The van der Waals surface area contributed by atoms with Gasteiger partial charge in [0, 0.05) is 12.1 Å². The third-order valence-electron chi connectivity index (χ3n) is 1.65. The minimum Gasteiger partial charge on any atom is -0.258 e. The van der Waals surface area contributed by atoms with Crippen LogP contribution < -0.4 is 0 Å². The third-order valence-corrected chi connectivity index (χ3v) is 2.61. The van der Waals surface area contributed by atoms with E-state index < -0.39 is 25.7 Å². The Morgan fingerprint density at radius 3 is 2.43 bits per heavy atom. The summed E-state index contributed by atoms with van der Waals surface area (Å²) < 4.78 is 33.7. The van der Waals surface area contributed by atoms with E-state index >= 15 is 0 Å². The van der Waals surface area contributed by atoms with Crippen LogP contribution >= 0.6 is 0 Å². The number of non-ortho nitro benzene ring substituents is 1. The lowest BCUT2D eigenvalue weighted by atomic mass is 10.2. The van der Waals surface area contributed by atoms with E-state index in [-0.39, 0.29) is 5.56 Å². The predicted molar refractivity (Wildman–Crippen MR) is 46.1 cm³/mol. The summed E-state index contributed by atoms with van der Waals surface area (Å²) in [6.07, 6.45) is 0. The van der Waals surface area contributed by atoms with Crippen molar-refractivity contribution in [3.63, 3.8) is 0 Å². The maximum absolute atomic E-state index is 12.6. The van der Waals surface area contributed by atoms with Gasteiger partial charge in [0.2, 0.25) is 0 Å². The van der Waals surface area contributed by atoms with Crippen LogP contribution in [0.1, 0.15) is 5.56 Å². The molecule has 1 aromatic carbocycles. The summed E-state index contributed by atoms with van der Waals surface area (Å²) in [4.78, 5) is 8.84. The molecule has 0 amide bonds. The Morgan fingerprint density at radius 1 is 1.43 bits per heavy atom. The van der Waals surface area contributed by atoms with Crippen molar-refractivity contribution < 1.29 is 17.2 Å². The smallest absolute Gasteiger partial charge is 0.258 e. The number of nitro groups is 1. The highest BCUT2D eigenvalue weighted by atomic mass is 32.3. The summed E-state index contributed by atoms with van der Waals surface area (Å²) in [5, 5.41) is 10.3. The van der Waals surface area contributed by atoms with E-state index in [4.69, 9.17) is 0 Å². The number of halogens is 1. The van der Waals surface area contributed by atoms with Crippen LogP contribution in [0.4, 0.5) is 9.57 Å². The number of nitrogens with zero attached hydrogens (tertiary/aromatic N) is 1. The first-order valence-electron chi connectivity index (χ1n) is 3.52. The van der Waals surface area contributed by atoms with Crippen molar-refractivity contribution in [2.24, 2.45) is 0 Å². The van der Waals surface area contributed by atoms with E-state index in [0.29, 0.717) is 6.07 Å². The van der Waals surface area contributed by atoms with Crippen molar-refractivity contribution in [2.45, 2.75) is 11.8 Å². The van der Waals surface area contributed by atoms with E-state index in [1.807, 2.05) is 0 Å². The summed E-state index contributed by atoms with van der Waals surface area (Å²) in [5.41, 5.74) is -0.315. The molecule has 0 fully saturated rings. The molecular formula is C7H6FNO4S. The van der Waals surface area contributed by atoms with Crippen molar-refractivity contribution in [3.05, 3.63) is 33.9 Å². The molecule has 1 aromatic rings. The molecule has 0 aliphatic carbocycles. The normalized spacial score (nSPS) is 11.3. The topological polar surface area (TPSA) is 77.3 Å². The Balaban J connectivity index is 3.44. The van der Waals surface area contributed by atoms with Crippen molar-refractivity contribution in [1.29, 1.82) is 0 Å². The molecule has 0 unspecified atom stereocenters. The summed E-state index contributed by atoms with van der Waals surface area (Å²) >= 11 is 0. The van der Waals surface area contributed by atoms with Gasteiger partial charge in [-0.25, -0.2) is 0 Å². The first-order chi connectivity index (χ1) is 6.32. The van der Waals surface area contributed by atoms with Gasteiger partial charge in [0.25, 0.3) is 5.69 Å². The quantitative estimate of drug-likeness (QED) is 0.429. The molecule has 7 heteroatoms. The SMILES string of the molecule is Cc1ccc([N+](=O)[O-])cc1S(=O)(=O)F. The molecule has 0 saturated heterocycles. The molecule has 0 atom stereocenters. The molecule has 0 radical (unpaired) electrons. The highest BCUT2D eigenvalue weighted by molar-refractivity contribution is 7.86. The second-order valence-corrected chi connectivity index (χ2v) is 3.96. The van der Waals surface area contributed by atoms with Crippen LogP contribution in [-0.2, 0) is 10.2 Å². The molecule has 0 aliphatic rings. The van der Waals surface area contributed by atoms with E-state index in [0.717, 1.165) is 6.07 Å². The summed E-state index contributed by atoms with van der Waals surface area (Å²) in [6, 6.07) is 3.00. The minimum absolute atomic E-state index is 0.137. The highest BCUT2D eigenvalue weighted by Gasteiger charge is 2.19. The Kier molecular flexibility index (Phi) is 2.52. The van der Waals surface area contributed by atoms with Gasteiger partial charge < -0.3 is 0 Å². The molecule has 14 heavy (non-hydrogen) atoms. The van der Waals surface area contributed by atoms with Gasteiger partial charge in [-0.05, 0) is 12.5 Å². The summed E-state index contributed by atoms with van der Waals surface area (Å²) in [6.45, 7) is 1.36. The van der Waals surface area contributed by atoms with Crippen molar-refractivity contribution in [2.75, 3.05) is 0 Å².